The SMILES string of the molecule is CCCC(O)CNC(=O)CSc1cccs1. The zero-order valence-electron chi connectivity index (χ0n) is 9.31. The number of thiophene rings is 1. The van der Waals surface area contributed by atoms with Crippen molar-refractivity contribution in [2.75, 3.05) is 12.3 Å². The Labute approximate surface area is 104 Å². The quantitative estimate of drug-likeness (QED) is 0.737. The standard InChI is InChI=1S/C11H17NO2S2/c1-2-4-9(13)7-12-10(14)8-16-11-5-3-6-15-11/h3,5-6,9,13H,2,4,7-8H2,1H3,(H,12,14). The molecule has 0 spiro atoms. The van der Waals surface area contributed by atoms with Crippen LogP contribution < -0.4 is 5.32 Å². The smallest absolute Gasteiger partial charge is 0.230 e. The summed E-state index contributed by atoms with van der Waals surface area (Å²) in [6, 6.07) is 3.96. The maximum absolute atomic E-state index is 11.4. The highest BCUT2D eigenvalue weighted by atomic mass is 32.2. The van der Waals surface area contributed by atoms with Gasteiger partial charge in [0.1, 0.15) is 0 Å². The lowest BCUT2D eigenvalue weighted by atomic mass is 10.2. The van der Waals surface area contributed by atoms with Gasteiger partial charge in [0.25, 0.3) is 0 Å². The first-order valence-corrected chi connectivity index (χ1v) is 7.20. The second-order valence-corrected chi connectivity index (χ2v) is 5.69. The molecular weight excluding hydrogens is 242 g/mol. The number of thioether (sulfide) groups is 1. The monoisotopic (exact) mass is 259 g/mol. The molecule has 3 nitrogen and oxygen atoms in total. The summed E-state index contributed by atoms with van der Waals surface area (Å²) in [5.41, 5.74) is 0. The zero-order chi connectivity index (χ0) is 11.8. The molecule has 5 heteroatoms. The van der Waals surface area contributed by atoms with Gasteiger partial charge >= 0.3 is 0 Å². The average molecular weight is 259 g/mol. The normalized spacial score (nSPS) is 12.4. The van der Waals surface area contributed by atoms with Crippen molar-refractivity contribution in [2.45, 2.75) is 30.1 Å². The number of hydrogen-bond donors (Lipinski definition) is 2. The second kappa shape index (κ2) is 7.70. The molecule has 0 aliphatic heterocycles. The lowest BCUT2D eigenvalue weighted by Gasteiger charge is -2.10. The predicted octanol–water partition coefficient (Wildman–Crippen LogP) is 2.12. The van der Waals surface area contributed by atoms with E-state index < -0.39 is 6.10 Å². The molecule has 0 radical (unpaired) electrons. The lowest BCUT2D eigenvalue weighted by Crippen LogP contribution is -2.33. The molecule has 0 aliphatic carbocycles. The van der Waals surface area contributed by atoms with E-state index in [-0.39, 0.29) is 5.91 Å². The van der Waals surface area contributed by atoms with Crippen molar-refractivity contribution in [2.24, 2.45) is 0 Å². The maximum Gasteiger partial charge on any atom is 0.230 e. The minimum atomic E-state index is -0.416. The minimum Gasteiger partial charge on any atom is -0.391 e. The number of carbonyl (C=O) groups excluding carboxylic acids is 1. The highest BCUT2D eigenvalue weighted by Crippen LogP contribution is 2.22. The molecule has 0 bridgehead atoms. The molecule has 1 heterocycles. The Morgan fingerprint density at radius 3 is 3.12 bits per heavy atom. The van der Waals surface area contributed by atoms with E-state index in [1.807, 2.05) is 24.4 Å². The number of aliphatic hydroxyl groups is 1. The second-order valence-electron chi connectivity index (χ2n) is 3.47. The number of rotatable bonds is 7. The van der Waals surface area contributed by atoms with Gasteiger partial charge in [-0.1, -0.05) is 19.4 Å². The van der Waals surface area contributed by atoms with E-state index in [9.17, 15) is 9.90 Å². The van der Waals surface area contributed by atoms with E-state index in [1.54, 1.807) is 11.3 Å². The summed E-state index contributed by atoms with van der Waals surface area (Å²) in [5, 5.41) is 14.1. The lowest BCUT2D eigenvalue weighted by molar-refractivity contribution is -0.119. The van der Waals surface area contributed by atoms with Gasteiger partial charge in [-0.15, -0.1) is 23.1 Å². The van der Waals surface area contributed by atoms with Crippen LogP contribution in [0.4, 0.5) is 0 Å². The third kappa shape index (κ3) is 5.53. The van der Waals surface area contributed by atoms with Crippen LogP contribution in [0.1, 0.15) is 19.8 Å². The Morgan fingerprint density at radius 1 is 1.69 bits per heavy atom. The minimum absolute atomic E-state index is 0.0199. The molecule has 90 valence electrons. The van der Waals surface area contributed by atoms with Gasteiger partial charge in [0.05, 0.1) is 16.1 Å². The highest BCUT2D eigenvalue weighted by molar-refractivity contribution is 8.01. The fourth-order valence-corrected chi connectivity index (χ4v) is 2.81. The van der Waals surface area contributed by atoms with E-state index in [0.29, 0.717) is 12.3 Å². The average Bonchev–Trinajstić information content (AvgIpc) is 2.77. The van der Waals surface area contributed by atoms with Crippen molar-refractivity contribution < 1.29 is 9.90 Å². The van der Waals surface area contributed by atoms with Gasteiger partial charge in [0.2, 0.25) is 5.91 Å². The van der Waals surface area contributed by atoms with Crippen LogP contribution in [0.5, 0.6) is 0 Å². The Kier molecular flexibility index (Phi) is 6.52. The highest BCUT2D eigenvalue weighted by Gasteiger charge is 2.06. The van der Waals surface area contributed by atoms with Crippen molar-refractivity contribution in [3.05, 3.63) is 17.5 Å². The largest absolute Gasteiger partial charge is 0.391 e. The molecule has 0 aromatic carbocycles. The van der Waals surface area contributed by atoms with Gasteiger partial charge in [-0.2, -0.15) is 0 Å². The number of hydrogen-bond acceptors (Lipinski definition) is 4. The topological polar surface area (TPSA) is 49.3 Å². The molecule has 1 rings (SSSR count). The molecule has 0 aliphatic rings. The van der Waals surface area contributed by atoms with Crippen LogP contribution in [0.3, 0.4) is 0 Å². The number of carbonyl (C=O) groups is 1. The van der Waals surface area contributed by atoms with Crippen molar-refractivity contribution in [3.63, 3.8) is 0 Å². The molecule has 1 unspecified atom stereocenters. The Balaban J connectivity index is 2.11. The first-order chi connectivity index (χ1) is 7.72. The van der Waals surface area contributed by atoms with Crippen LogP contribution in [-0.4, -0.2) is 29.4 Å². The molecule has 0 saturated carbocycles. The first kappa shape index (κ1) is 13.5. The summed E-state index contributed by atoms with van der Waals surface area (Å²) in [5.74, 6) is 0.396. The van der Waals surface area contributed by atoms with Gasteiger partial charge in [-0.3, -0.25) is 4.79 Å². The van der Waals surface area contributed by atoms with Gasteiger partial charge in [0.15, 0.2) is 0 Å². The molecule has 1 amide bonds. The van der Waals surface area contributed by atoms with Crippen molar-refractivity contribution in [1.82, 2.24) is 5.32 Å². The summed E-state index contributed by atoms with van der Waals surface area (Å²) in [4.78, 5) is 11.4. The molecule has 1 atom stereocenters. The van der Waals surface area contributed by atoms with Gasteiger partial charge in [-0.25, -0.2) is 0 Å². The van der Waals surface area contributed by atoms with E-state index >= 15 is 0 Å². The fraction of sp³-hybridized carbons (Fsp3) is 0.545. The maximum atomic E-state index is 11.4. The third-order valence-corrected chi connectivity index (χ3v) is 4.13. The van der Waals surface area contributed by atoms with Gasteiger partial charge in [-0.05, 0) is 17.9 Å². The molecule has 16 heavy (non-hydrogen) atoms. The first-order valence-electron chi connectivity index (χ1n) is 5.33. The number of amides is 1. The molecule has 1 aromatic heterocycles. The van der Waals surface area contributed by atoms with Crippen molar-refractivity contribution in [1.29, 1.82) is 0 Å². The van der Waals surface area contributed by atoms with E-state index in [2.05, 4.69) is 5.32 Å². The van der Waals surface area contributed by atoms with Gasteiger partial charge < -0.3 is 10.4 Å². The fourth-order valence-electron chi connectivity index (χ4n) is 1.20. The summed E-state index contributed by atoms with van der Waals surface area (Å²) in [6.45, 7) is 2.37. The summed E-state index contributed by atoms with van der Waals surface area (Å²) in [6.07, 6.45) is 1.25. The van der Waals surface area contributed by atoms with Crippen LogP contribution >= 0.6 is 23.1 Å². The van der Waals surface area contributed by atoms with Crippen LogP contribution in [0.15, 0.2) is 21.7 Å². The van der Waals surface area contributed by atoms with Crippen molar-refractivity contribution in [3.8, 4) is 0 Å². The summed E-state index contributed by atoms with van der Waals surface area (Å²) in [7, 11) is 0. The molecule has 0 saturated heterocycles. The van der Waals surface area contributed by atoms with E-state index in [0.717, 1.165) is 17.1 Å². The Hall–Kier alpha value is -0.520. The van der Waals surface area contributed by atoms with Crippen LogP contribution in [-0.2, 0) is 4.79 Å². The number of nitrogens with one attached hydrogen (secondary N) is 1. The molecule has 0 fully saturated rings. The van der Waals surface area contributed by atoms with Crippen LogP contribution in [0.2, 0.25) is 0 Å². The van der Waals surface area contributed by atoms with E-state index in [1.165, 1.54) is 11.8 Å². The Morgan fingerprint density at radius 2 is 2.50 bits per heavy atom. The van der Waals surface area contributed by atoms with Crippen LogP contribution in [0, 0.1) is 0 Å². The van der Waals surface area contributed by atoms with Crippen molar-refractivity contribution >= 4 is 29.0 Å². The van der Waals surface area contributed by atoms with Crippen LogP contribution in [0.25, 0.3) is 0 Å². The molecule has 1 aromatic rings. The molecule has 2 N–H and O–H groups in total. The Bertz CT molecular complexity index is 301. The molecular formula is C11H17NO2S2. The number of aliphatic hydroxyl groups excluding tert-OH is 1. The van der Waals surface area contributed by atoms with E-state index in [4.69, 9.17) is 0 Å². The zero-order valence-corrected chi connectivity index (χ0v) is 10.9. The predicted molar refractivity (Wildman–Crippen MR) is 69.0 cm³/mol. The third-order valence-electron chi connectivity index (χ3n) is 2.00. The summed E-state index contributed by atoms with van der Waals surface area (Å²) >= 11 is 3.16. The van der Waals surface area contributed by atoms with Gasteiger partial charge in [0, 0.05) is 6.54 Å². The summed E-state index contributed by atoms with van der Waals surface area (Å²) < 4.78 is 1.14.